The van der Waals surface area contributed by atoms with E-state index in [2.05, 4.69) is 17.0 Å². The third-order valence-corrected chi connectivity index (χ3v) is 5.24. The molecule has 1 saturated heterocycles. The van der Waals surface area contributed by atoms with Crippen molar-refractivity contribution in [2.75, 3.05) is 32.0 Å². The Labute approximate surface area is 170 Å². The van der Waals surface area contributed by atoms with Crippen LogP contribution in [0.1, 0.15) is 45.1 Å². The monoisotopic (exact) mass is 411 g/mol. The maximum atomic E-state index is 13.9. The lowest BCUT2D eigenvalue weighted by Crippen LogP contribution is -2.29. The van der Waals surface area contributed by atoms with Crippen molar-refractivity contribution >= 4 is 23.9 Å². The average molecular weight is 412 g/mol. The molecule has 1 aromatic rings. The van der Waals surface area contributed by atoms with Crippen molar-refractivity contribution in [2.45, 2.75) is 39.5 Å². The highest BCUT2D eigenvalue weighted by molar-refractivity contribution is 7.97. The zero-order valence-electron chi connectivity index (χ0n) is 16.8. The Kier molecular flexibility index (Phi) is 9.05. The molecule has 1 unspecified atom stereocenters. The first-order valence-corrected chi connectivity index (χ1v) is 10.7. The van der Waals surface area contributed by atoms with Gasteiger partial charge in [-0.3, -0.25) is 14.8 Å². The summed E-state index contributed by atoms with van der Waals surface area (Å²) >= 11 is 1.64. The molecule has 156 valence electrons. The van der Waals surface area contributed by atoms with Crippen LogP contribution in [0.2, 0.25) is 0 Å². The number of hydrogen-bond acceptors (Lipinski definition) is 5. The highest BCUT2D eigenvalue weighted by Crippen LogP contribution is 2.24. The van der Waals surface area contributed by atoms with Crippen LogP contribution in [0.5, 0.6) is 5.75 Å². The molecule has 8 heteroatoms. The minimum atomic E-state index is -0.327. The number of benzene rings is 1. The first kappa shape index (κ1) is 22.5. The number of carbonyl (C=O) groups is 2. The van der Waals surface area contributed by atoms with E-state index in [0.29, 0.717) is 24.8 Å². The number of halogens is 1. The second-order valence-corrected chi connectivity index (χ2v) is 8.46. The number of amides is 3. The molecule has 1 heterocycles. The summed E-state index contributed by atoms with van der Waals surface area (Å²) in [4.78, 5) is 24.1. The van der Waals surface area contributed by atoms with Gasteiger partial charge in [0.25, 0.3) is 0 Å². The minimum Gasteiger partial charge on any atom is -0.490 e. The highest BCUT2D eigenvalue weighted by atomic mass is 32.2. The Morgan fingerprint density at radius 3 is 2.75 bits per heavy atom. The molecule has 1 atom stereocenters. The fourth-order valence-electron chi connectivity index (χ4n) is 2.71. The van der Waals surface area contributed by atoms with Gasteiger partial charge in [-0.1, -0.05) is 38.8 Å². The summed E-state index contributed by atoms with van der Waals surface area (Å²) in [5, 5.41) is 2.27. The van der Waals surface area contributed by atoms with Crippen molar-refractivity contribution in [2.24, 2.45) is 5.92 Å². The van der Waals surface area contributed by atoms with Gasteiger partial charge in [0, 0.05) is 18.8 Å². The topological polar surface area (TPSA) is 70.7 Å². The Hall–Kier alpha value is -1.80. The van der Waals surface area contributed by atoms with Crippen LogP contribution in [0.3, 0.4) is 0 Å². The van der Waals surface area contributed by atoms with E-state index in [1.807, 2.05) is 13.8 Å². The molecule has 0 spiro atoms. The van der Waals surface area contributed by atoms with E-state index >= 15 is 0 Å². The second kappa shape index (κ2) is 11.3. The van der Waals surface area contributed by atoms with Crippen LogP contribution in [-0.2, 0) is 4.79 Å². The van der Waals surface area contributed by atoms with E-state index in [1.54, 1.807) is 24.1 Å². The standard InChI is InChI=1S/C20H30FN3O3S/c1-14(2)13-27-18-10-16(6-7-17(18)21)15(3)11-22-28-9-5-4-8-24-12-19(25)23-20(24)26/h6-7,10,14-15,22H,4-5,8-9,11-13H2,1-3H3,(H,23,25,26). The molecule has 2 N–H and O–H groups in total. The van der Waals surface area contributed by atoms with Gasteiger partial charge < -0.3 is 9.64 Å². The van der Waals surface area contributed by atoms with E-state index in [9.17, 15) is 14.0 Å². The molecule has 1 aliphatic heterocycles. The predicted molar refractivity (Wildman–Crippen MR) is 110 cm³/mol. The molecule has 3 amide bonds. The van der Waals surface area contributed by atoms with Crippen LogP contribution in [0.4, 0.5) is 9.18 Å². The third-order valence-electron chi connectivity index (χ3n) is 4.38. The van der Waals surface area contributed by atoms with E-state index in [4.69, 9.17) is 4.74 Å². The smallest absolute Gasteiger partial charge is 0.324 e. The van der Waals surface area contributed by atoms with E-state index in [-0.39, 0.29) is 30.2 Å². The molecule has 0 radical (unpaired) electrons. The number of rotatable bonds is 12. The van der Waals surface area contributed by atoms with Gasteiger partial charge >= 0.3 is 6.03 Å². The normalized spacial score (nSPS) is 15.2. The summed E-state index contributed by atoms with van der Waals surface area (Å²) in [5.74, 6) is 1.26. The van der Waals surface area contributed by atoms with Crippen LogP contribution in [0, 0.1) is 11.7 Å². The third kappa shape index (κ3) is 7.31. The van der Waals surface area contributed by atoms with Gasteiger partial charge in [-0.15, -0.1) is 0 Å². The molecule has 0 aliphatic carbocycles. The zero-order valence-corrected chi connectivity index (χ0v) is 17.6. The molecule has 28 heavy (non-hydrogen) atoms. The van der Waals surface area contributed by atoms with Crippen LogP contribution < -0.4 is 14.8 Å². The maximum Gasteiger partial charge on any atom is 0.324 e. The SMILES string of the molecule is CC(C)COc1cc(C(C)CNSCCCCN2CC(=O)NC2=O)ccc1F. The van der Waals surface area contributed by atoms with Gasteiger partial charge in [0.1, 0.15) is 6.54 Å². The van der Waals surface area contributed by atoms with Crippen molar-refractivity contribution in [1.29, 1.82) is 0 Å². The Morgan fingerprint density at radius 2 is 2.07 bits per heavy atom. The van der Waals surface area contributed by atoms with E-state index in [1.165, 1.54) is 11.0 Å². The maximum absolute atomic E-state index is 13.9. The van der Waals surface area contributed by atoms with Crippen molar-refractivity contribution < 1.29 is 18.7 Å². The first-order valence-electron chi connectivity index (χ1n) is 9.72. The molecule has 0 bridgehead atoms. The molecule has 1 aliphatic rings. The van der Waals surface area contributed by atoms with Crippen molar-refractivity contribution in [3.05, 3.63) is 29.6 Å². The molecule has 0 saturated carbocycles. The van der Waals surface area contributed by atoms with Crippen molar-refractivity contribution in [1.82, 2.24) is 14.9 Å². The lowest BCUT2D eigenvalue weighted by atomic mass is 10.0. The Balaban J connectivity index is 1.63. The highest BCUT2D eigenvalue weighted by Gasteiger charge is 2.25. The molecule has 2 rings (SSSR count). The van der Waals surface area contributed by atoms with Crippen molar-refractivity contribution in [3.63, 3.8) is 0 Å². The summed E-state index contributed by atoms with van der Waals surface area (Å²) in [6.45, 7) is 8.19. The lowest BCUT2D eigenvalue weighted by Gasteiger charge is -2.16. The Bertz CT molecular complexity index is 672. The van der Waals surface area contributed by atoms with E-state index in [0.717, 1.165) is 30.7 Å². The second-order valence-electron chi connectivity index (χ2n) is 7.47. The molecule has 0 aromatic heterocycles. The molecule has 1 fully saturated rings. The van der Waals surface area contributed by atoms with Crippen LogP contribution in [0.25, 0.3) is 0 Å². The number of urea groups is 1. The average Bonchev–Trinajstić information content (AvgIpc) is 2.97. The fourth-order valence-corrected chi connectivity index (χ4v) is 3.57. The lowest BCUT2D eigenvalue weighted by molar-refractivity contribution is -0.118. The largest absolute Gasteiger partial charge is 0.490 e. The summed E-state index contributed by atoms with van der Waals surface area (Å²) in [7, 11) is 0. The molecular formula is C20H30FN3O3S. The number of ether oxygens (including phenoxy) is 1. The van der Waals surface area contributed by atoms with Crippen LogP contribution >= 0.6 is 11.9 Å². The Morgan fingerprint density at radius 1 is 1.29 bits per heavy atom. The summed E-state index contributed by atoms with van der Waals surface area (Å²) in [6, 6.07) is 4.77. The first-order chi connectivity index (χ1) is 13.4. The molecule has 6 nitrogen and oxygen atoms in total. The quantitative estimate of drug-likeness (QED) is 0.313. The van der Waals surface area contributed by atoms with Gasteiger partial charge in [0.2, 0.25) is 5.91 Å². The summed E-state index contributed by atoms with van der Waals surface area (Å²) < 4.78 is 22.8. The van der Waals surface area contributed by atoms with Crippen LogP contribution in [-0.4, -0.2) is 48.8 Å². The van der Waals surface area contributed by atoms with Gasteiger partial charge in [-0.2, -0.15) is 0 Å². The fraction of sp³-hybridized carbons (Fsp3) is 0.600. The summed E-state index contributed by atoms with van der Waals surface area (Å²) in [5.41, 5.74) is 1.04. The number of nitrogens with one attached hydrogen (secondary N) is 2. The van der Waals surface area contributed by atoms with Gasteiger partial charge in [0.15, 0.2) is 11.6 Å². The number of unbranched alkanes of at least 4 members (excludes halogenated alkanes) is 1. The zero-order chi connectivity index (χ0) is 20.5. The number of nitrogens with zero attached hydrogens (tertiary/aromatic N) is 1. The minimum absolute atomic E-state index is 0.169. The number of hydrogen-bond donors (Lipinski definition) is 2. The number of carbonyl (C=O) groups excluding carboxylic acids is 2. The molecular weight excluding hydrogens is 381 g/mol. The van der Waals surface area contributed by atoms with Gasteiger partial charge in [-0.25, -0.2) is 9.18 Å². The van der Waals surface area contributed by atoms with Gasteiger partial charge in [0.05, 0.1) is 6.61 Å². The summed E-state index contributed by atoms with van der Waals surface area (Å²) in [6.07, 6.45) is 1.81. The van der Waals surface area contributed by atoms with Crippen molar-refractivity contribution in [3.8, 4) is 5.75 Å². The molecule has 1 aromatic carbocycles. The van der Waals surface area contributed by atoms with E-state index < -0.39 is 0 Å². The predicted octanol–water partition coefficient (Wildman–Crippen LogP) is 3.53. The van der Waals surface area contributed by atoms with Gasteiger partial charge in [-0.05, 0) is 42.4 Å². The van der Waals surface area contributed by atoms with Crippen LogP contribution in [0.15, 0.2) is 18.2 Å². The number of imide groups is 1.